The fourth-order valence-electron chi connectivity index (χ4n) is 2.36. The number of nitrogens with one attached hydrogen (secondary N) is 1. The number of hydrogen-bond acceptors (Lipinski definition) is 4. The molecule has 0 fully saturated rings. The van der Waals surface area contributed by atoms with Crippen molar-refractivity contribution in [2.75, 3.05) is 6.54 Å². The Morgan fingerprint density at radius 2 is 2.15 bits per heavy atom. The number of carbonyl (C=O) groups excluding carboxylic acids is 1. The Kier molecular flexibility index (Phi) is 6.01. The zero-order valence-corrected chi connectivity index (χ0v) is 15.9. The average Bonchev–Trinajstić information content (AvgIpc) is 3.04. The lowest BCUT2D eigenvalue weighted by Crippen LogP contribution is -2.25. The first-order valence-corrected chi connectivity index (χ1v) is 9.06. The quantitative estimate of drug-likeness (QED) is 0.593. The summed E-state index contributed by atoms with van der Waals surface area (Å²) in [6.45, 7) is 3.35. The van der Waals surface area contributed by atoms with Crippen LogP contribution in [0.1, 0.15) is 22.3 Å². The van der Waals surface area contributed by atoms with Crippen LogP contribution in [0.3, 0.4) is 0 Å². The van der Waals surface area contributed by atoms with Gasteiger partial charge in [-0.3, -0.25) is 9.48 Å². The number of benzene rings is 1. The molecular formula is C19H19BrN4O2. The number of rotatable bonds is 7. The number of amides is 1. The van der Waals surface area contributed by atoms with E-state index in [0.29, 0.717) is 23.7 Å². The molecule has 0 unspecified atom stereocenters. The van der Waals surface area contributed by atoms with Gasteiger partial charge in [-0.15, -0.1) is 0 Å². The Morgan fingerprint density at radius 1 is 1.27 bits per heavy atom. The van der Waals surface area contributed by atoms with Gasteiger partial charge in [-0.1, -0.05) is 22.0 Å². The fourth-order valence-corrected chi connectivity index (χ4v) is 2.74. The zero-order chi connectivity index (χ0) is 18.4. The smallest absolute Gasteiger partial charge is 0.252 e. The number of aryl methyl sites for hydroxylation is 2. The lowest BCUT2D eigenvalue weighted by molar-refractivity contribution is 0.0952. The number of carbonyl (C=O) groups is 1. The second kappa shape index (κ2) is 8.62. The third-order valence-electron chi connectivity index (χ3n) is 3.63. The number of halogens is 1. The highest BCUT2D eigenvalue weighted by Crippen LogP contribution is 2.22. The Bertz CT molecular complexity index is 877. The highest BCUT2D eigenvalue weighted by molar-refractivity contribution is 9.10. The van der Waals surface area contributed by atoms with Crippen molar-refractivity contribution in [1.29, 1.82) is 0 Å². The first-order chi connectivity index (χ1) is 12.6. The van der Waals surface area contributed by atoms with Crippen LogP contribution in [0.2, 0.25) is 0 Å². The third-order valence-corrected chi connectivity index (χ3v) is 4.12. The molecule has 0 saturated heterocycles. The monoisotopic (exact) mass is 414 g/mol. The number of aromatic nitrogens is 3. The second-order valence-electron chi connectivity index (χ2n) is 5.83. The van der Waals surface area contributed by atoms with Gasteiger partial charge in [0.25, 0.3) is 5.91 Å². The molecule has 1 N–H and O–H groups in total. The van der Waals surface area contributed by atoms with E-state index in [1.165, 1.54) is 6.20 Å². The van der Waals surface area contributed by atoms with E-state index >= 15 is 0 Å². The number of pyridine rings is 1. The summed E-state index contributed by atoms with van der Waals surface area (Å²) < 4.78 is 8.46. The maximum Gasteiger partial charge on any atom is 0.252 e. The summed E-state index contributed by atoms with van der Waals surface area (Å²) in [4.78, 5) is 16.3. The summed E-state index contributed by atoms with van der Waals surface area (Å²) >= 11 is 3.39. The van der Waals surface area contributed by atoms with Crippen molar-refractivity contribution in [3.05, 3.63) is 70.6 Å². The Balaban J connectivity index is 1.47. The molecule has 0 saturated carbocycles. The minimum absolute atomic E-state index is 0.150. The van der Waals surface area contributed by atoms with Gasteiger partial charge >= 0.3 is 0 Å². The molecule has 0 spiro atoms. The predicted octanol–water partition coefficient (Wildman–Crippen LogP) is 3.96. The molecule has 1 aromatic carbocycles. The molecule has 134 valence electrons. The van der Waals surface area contributed by atoms with Crippen LogP contribution in [0.5, 0.6) is 11.6 Å². The van der Waals surface area contributed by atoms with Crippen molar-refractivity contribution in [2.24, 2.45) is 0 Å². The van der Waals surface area contributed by atoms with Gasteiger partial charge in [-0.25, -0.2) is 4.98 Å². The fraction of sp³-hybridized carbons (Fsp3) is 0.211. The molecule has 0 atom stereocenters. The minimum Gasteiger partial charge on any atom is -0.439 e. The molecule has 6 nitrogen and oxygen atoms in total. The van der Waals surface area contributed by atoms with E-state index in [-0.39, 0.29) is 5.91 Å². The number of nitrogens with zero attached hydrogens (tertiary/aromatic N) is 3. The summed E-state index contributed by atoms with van der Waals surface area (Å²) in [6, 6.07) is 10.9. The van der Waals surface area contributed by atoms with Crippen LogP contribution in [0.4, 0.5) is 0 Å². The van der Waals surface area contributed by atoms with Crippen LogP contribution in [0, 0.1) is 6.92 Å². The average molecular weight is 415 g/mol. The second-order valence-corrected chi connectivity index (χ2v) is 6.75. The van der Waals surface area contributed by atoms with Crippen molar-refractivity contribution in [2.45, 2.75) is 19.9 Å². The van der Waals surface area contributed by atoms with Gasteiger partial charge in [0.05, 0.1) is 11.8 Å². The molecule has 3 rings (SSSR count). The van der Waals surface area contributed by atoms with E-state index in [2.05, 4.69) is 31.3 Å². The lowest BCUT2D eigenvalue weighted by atomic mass is 10.2. The SMILES string of the molecule is Cc1cnn(CCCNC(=O)c2ccc(Oc3cccc(Br)c3)nc2)c1. The van der Waals surface area contributed by atoms with Gasteiger partial charge < -0.3 is 10.1 Å². The molecule has 1 amide bonds. The first kappa shape index (κ1) is 18.1. The maximum atomic E-state index is 12.2. The Morgan fingerprint density at radius 3 is 2.85 bits per heavy atom. The van der Waals surface area contributed by atoms with Gasteiger partial charge in [-0.05, 0) is 43.2 Å². The van der Waals surface area contributed by atoms with Crippen LogP contribution >= 0.6 is 15.9 Å². The largest absolute Gasteiger partial charge is 0.439 e. The summed E-state index contributed by atoms with van der Waals surface area (Å²) in [5, 5.41) is 7.10. The third kappa shape index (κ3) is 5.16. The summed E-state index contributed by atoms with van der Waals surface area (Å²) in [5.41, 5.74) is 1.63. The minimum atomic E-state index is -0.150. The Labute approximate surface area is 160 Å². The van der Waals surface area contributed by atoms with E-state index in [1.807, 2.05) is 48.3 Å². The normalized spacial score (nSPS) is 10.5. The van der Waals surface area contributed by atoms with E-state index < -0.39 is 0 Å². The molecular weight excluding hydrogens is 396 g/mol. The maximum absolute atomic E-state index is 12.2. The van der Waals surface area contributed by atoms with Crippen LogP contribution < -0.4 is 10.1 Å². The van der Waals surface area contributed by atoms with Gasteiger partial charge in [0, 0.05) is 36.0 Å². The summed E-state index contributed by atoms with van der Waals surface area (Å²) in [6.07, 6.45) is 6.13. The highest BCUT2D eigenvalue weighted by atomic mass is 79.9. The summed E-state index contributed by atoms with van der Waals surface area (Å²) in [7, 11) is 0. The van der Waals surface area contributed by atoms with Crippen LogP contribution in [-0.2, 0) is 6.54 Å². The van der Waals surface area contributed by atoms with Crippen LogP contribution in [0.15, 0.2) is 59.5 Å². The molecule has 2 aromatic heterocycles. The topological polar surface area (TPSA) is 69.0 Å². The Hall–Kier alpha value is -2.67. The van der Waals surface area contributed by atoms with E-state index in [4.69, 9.17) is 4.74 Å². The van der Waals surface area contributed by atoms with Crippen molar-refractivity contribution < 1.29 is 9.53 Å². The standard InChI is InChI=1S/C19H19BrN4O2/c1-14-11-23-24(13-14)9-3-8-21-19(25)15-6-7-18(22-12-15)26-17-5-2-4-16(20)10-17/h2,4-7,10-13H,3,8-9H2,1H3,(H,21,25). The molecule has 3 aromatic rings. The van der Waals surface area contributed by atoms with Crippen molar-refractivity contribution >= 4 is 21.8 Å². The first-order valence-electron chi connectivity index (χ1n) is 8.27. The van der Waals surface area contributed by atoms with Crippen molar-refractivity contribution in [1.82, 2.24) is 20.1 Å². The van der Waals surface area contributed by atoms with E-state index in [1.54, 1.807) is 12.1 Å². The predicted molar refractivity (Wildman–Crippen MR) is 102 cm³/mol. The van der Waals surface area contributed by atoms with Crippen molar-refractivity contribution in [3.8, 4) is 11.6 Å². The lowest BCUT2D eigenvalue weighted by Gasteiger charge is -2.07. The molecule has 0 radical (unpaired) electrons. The van der Waals surface area contributed by atoms with E-state index in [9.17, 15) is 4.79 Å². The highest BCUT2D eigenvalue weighted by Gasteiger charge is 2.07. The van der Waals surface area contributed by atoms with Crippen LogP contribution in [-0.4, -0.2) is 27.2 Å². The zero-order valence-electron chi connectivity index (χ0n) is 14.4. The molecule has 0 aliphatic carbocycles. The van der Waals surface area contributed by atoms with Gasteiger partial charge in [0.1, 0.15) is 5.75 Å². The van der Waals surface area contributed by atoms with E-state index in [0.717, 1.165) is 23.0 Å². The molecule has 0 bridgehead atoms. The molecule has 2 heterocycles. The molecule has 0 aliphatic heterocycles. The van der Waals surface area contributed by atoms with Crippen LogP contribution in [0.25, 0.3) is 0 Å². The number of ether oxygens (including phenoxy) is 1. The van der Waals surface area contributed by atoms with Gasteiger partial charge in [-0.2, -0.15) is 5.10 Å². The number of hydrogen-bond donors (Lipinski definition) is 1. The van der Waals surface area contributed by atoms with Gasteiger partial charge in [0.15, 0.2) is 0 Å². The molecule has 26 heavy (non-hydrogen) atoms. The summed E-state index contributed by atoms with van der Waals surface area (Å²) in [5.74, 6) is 0.967. The van der Waals surface area contributed by atoms with Crippen molar-refractivity contribution in [3.63, 3.8) is 0 Å². The van der Waals surface area contributed by atoms with Gasteiger partial charge in [0.2, 0.25) is 5.88 Å². The molecule has 0 aliphatic rings. The molecule has 7 heteroatoms.